The summed E-state index contributed by atoms with van der Waals surface area (Å²) in [6.07, 6.45) is 5.21. The number of hydrogen-bond donors (Lipinski definition) is 0. The molecule has 0 bridgehead atoms. The number of furan rings is 2. The number of thiophene rings is 2. The Morgan fingerprint density at radius 2 is 0.490 bits per heavy atom. The molecule has 0 N–H and O–H groups in total. The van der Waals surface area contributed by atoms with Crippen LogP contribution in [0.2, 0.25) is 0 Å². The van der Waals surface area contributed by atoms with Gasteiger partial charge < -0.3 is 31.7 Å². The molecule has 7 nitrogen and oxygen atoms in total. The van der Waals surface area contributed by atoms with E-state index in [2.05, 4.69) is 565 Å². The standard InChI is InChI=1S/C50H60N2.C34H28N2.C22H21N.2C8H12O.2C8H12S/c1-46(2,3)31-19-23-39-35(27-31)36-28-32(47(4,5)6)20-24-40(36)51(39)43-17-16-18-44(45(43)50(13,14)15)52-41-25-21-33(48(7,8)9)29-37(41)38-30-34(49(10,11)12)22-26-42(38)52;1-34(2,3)33-31(35-27-17-8-4-13-23(27)24-14-5-9-18-28(24)35)21-12-22-32(33)36-29-19-10-6-15-25(29)26-16-7-11-20-30(26)36;1-22(2,3)18-12-6-9-15-21(18)23-19-13-7-4-10-16(19)17-11-5-8-14-20(17)23;1-8(2,3)7-4-5-9-6-7;1-8(2,3)7-5-4-6-9-7;1-8(2,3)7-4-5-9-6-7;1-8(2,3)7-5-4-6-9-7/h16-30H,1-15H3;4-22H,1-3H3;4-15H,1-3H3;4*4-6H,1-3H3. The predicted molar refractivity (Wildman–Crippen MR) is 643 cm³/mol. The maximum absolute atomic E-state index is 5.20. The topological polar surface area (TPSA) is 50.9 Å². The Hall–Kier alpha value is -13.2. The van der Waals surface area contributed by atoms with Crippen molar-refractivity contribution in [2.75, 3.05) is 0 Å². The molecular weight excluding hydrogens is 1820 g/mol. The predicted octanol–water partition coefficient (Wildman–Crippen LogP) is 40.9. The second-order valence-electron chi connectivity index (χ2n) is 51.3. The maximum atomic E-state index is 5.20. The summed E-state index contributed by atoms with van der Waals surface area (Å²) in [5, 5.41) is 19.5. The van der Waals surface area contributed by atoms with Gasteiger partial charge in [0.15, 0.2) is 0 Å². The summed E-state index contributed by atoms with van der Waals surface area (Å²) >= 11 is 3.60. The zero-order valence-electron chi connectivity index (χ0n) is 93.9. The average Bonchev–Trinajstić information content (AvgIpc) is 1.56. The Morgan fingerprint density at radius 3 is 0.707 bits per heavy atom. The fourth-order valence-electron chi connectivity index (χ4n) is 20.4. The van der Waals surface area contributed by atoms with Crippen LogP contribution in [0.3, 0.4) is 0 Å². The third-order valence-corrected chi connectivity index (χ3v) is 30.5. The summed E-state index contributed by atoms with van der Waals surface area (Å²) in [5.74, 6) is 1.04. The number of rotatable bonds is 5. The monoisotopic (exact) mass is 1980 g/mol. The van der Waals surface area contributed by atoms with E-state index in [1.165, 1.54) is 192 Å². The van der Waals surface area contributed by atoms with Crippen LogP contribution >= 0.6 is 22.7 Å². The van der Waals surface area contributed by atoms with Crippen LogP contribution in [-0.2, 0) is 59.6 Å². The normalized spacial score (nSPS) is 12.7. The molecule has 0 saturated carbocycles. The van der Waals surface area contributed by atoms with Gasteiger partial charge in [-0.1, -0.05) is 398 Å². The first-order valence-corrected chi connectivity index (χ1v) is 54.5. The van der Waals surface area contributed by atoms with Gasteiger partial charge >= 0.3 is 0 Å². The molecule has 0 radical (unpaired) electrons. The summed E-state index contributed by atoms with van der Waals surface area (Å²) in [4.78, 5) is 1.46. The smallest absolute Gasteiger partial charge is 0.109 e. The molecular formula is C138H157N5O2S2. The van der Waals surface area contributed by atoms with Crippen LogP contribution in [0.1, 0.15) is 289 Å². The Morgan fingerprint density at radius 1 is 0.197 bits per heavy atom. The first kappa shape index (κ1) is 107. The van der Waals surface area contributed by atoms with Gasteiger partial charge in [-0.05, 0) is 255 Å². The van der Waals surface area contributed by atoms with Gasteiger partial charge in [-0.2, -0.15) is 11.3 Å². The van der Waals surface area contributed by atoms with Gasteiger partial charge in [0.2, 0.25) is 0 Å². The lowest BCUT2D eigenvalue weighted by Crippen LogP contribution is -2.19. The first-order valence-electron chi connectivity index (χ1n) is 52.6. The van der Waals surface area contributed by atoms with E-state index in [1.54, 1.807) is 30.1 Å². The van der Waals surface area contributed by atoms with Crippen molar-refractivity contribution < 1.29 is 8.83 Å². The minimum absolute atomic E-state index is 0.0526. The van der Waals surface area contributed by atoms with Crippen LogP contribution in [0.25, 0.3) is 137 Å². The molecule has 9 heterocycles. The van der Waals surface area contributed by atoms with Crippen LogP contribution in [0.5, 0.6) is 0 Å². The van der Waals surface area contributed by atoms with E-state index in [0.29, 0.717) is 10.8 Å². The van der Waals surface area contributed by atoms with E-state index in [9.17, 15) is 0 Å². The van der Waals surface area contributed by atoms with Crippen molar-refractivity contribution >= 4 is 132 Å². The zero-order valence-corrected chi connectivity index (χ0v) is 95.5. The van der Waals surface area contributed by atoms with E-state index in [0.717, 1.165) is 5.76 Å². The van der Waals surface area contributed by atoms with Crippen LogP contribution in [-0.4, -0.2) is 22.8 Å². The molecule has 0 aliphatic heterocycles. The van der Waals surface area contributed by atoms with Gasteiger partial charge in [-0.25, -0.2) is 0 Å². The lowest BCUT2D eigenvalue weighted by atomic mass is 9.84. The van der Waals surface area contributed by atoms with Crippen LogP contribution in [0.4, 0.5) is 0 Å². The number of nitrogens with zero attached hydrogens (tertiary/aromatic N) is 5. The SMILES string of the molecule is CC(C)(C)c1c(-n2c3ccccc3c3ccccc32)cccc1-n1c2ccccc2c2ccccc21.CC(C)(C)c1ccc2c(c1)c1cc(C(C)(C)C)ccc1n2-c1cccc(-n2c3ccc(C(C)(C)C)cc3c3cc(C(C)(C)C)ccc32)c1C(C)(C)C.CC(C)(C)c1ccccc1-n1c2ccccc2c2ccccc21.CC(C)(C)c1ccco1.CC(C)(C)c1cccs1.CC(C)(C)c1ccoc1.CC(C)(C)c1ccsc1. The molecule has 22 rings (SSSR count). The maximum Gasteiger partial charge on any atom is 0.109 e. The molecule has 758 valence electrons. The van der Waals surface area contributed by atoms with E-state index in [-0.39, 0.29) is 48.7 Å². The molecule has 13 aromatic carbocycles. The molecule has 9 heteroatoms. The highest BCUT2D eigenvalue weighted by atomic mass is 32.1. The summed E-state index contributed by atoms with van der Waals surface area (Å²) in [6, 6.07) is 116. The van der Waals surface area contributed by atoms with Crippen molar-refractivity contribution in [3.05, 3.63) is 411 Å². The second-order valence-corrected chi connectivity index (χ2v) is 53.0. The first-order chi connectivity index (χ1) is 69.0. The molecule has 9 aromatic heterocycles. The lowest BCUT2D eigenvalue weighted by Gasteiger charge is -2.29. The molecule has 0 atom stereocenters. The fourth-order valence-corrected chi connectivity index (χ4v) is 22.1. The van der Waals surface area contributed by atoms with E-state index < -0.39 is 0 Å². The summed E-state index contributed by atoms with van der Waals surface area (Å²) in [7, 11) is 0. The van der Waals surface area contributed by atoms with Crippen LogP contribution < -0.4 is 0 Å². The van der Waals surface area contributed by atoms with Crippen molar-refractivity contribution in [3.8, 4) is 28.4 Å². The van der Waals surface area contributed by atoms with Crippen molar-refractivity contribution in [2.24, 2.45) is 0 Å². The largest absolute Gasteiger partial charge is 0.472 e. The number of benzene rings is 13. The van der Waals surface area contributed by atoms with Gasteiger partial charge in [-0.3, -0.25) is 0 Å². The van der Waals surface area contributed by atoms with Crippen molar-refractivity contribution in [2.45, 2.75) is 288 Å². The van der Waals surface area contributed by atoms with Gasteiger partial charge in [0, 0.05) is 81.0 Å². The number of hydrogen-bond acceptors (Lipinski definition) is 4. The van der Waals surface area contributed by atoms with E-state index in [1.807, 2.05) is 29.5 Å². The molecule has 0 amide bonds. The molecule has 0 aliphatic carbocycles. The summed E-state index contributed by atoms with van der Waals surface area (Å²) in [6.45, 7) is 75.0. The molecule has 0 fully saturated rings. The number of fused-ring (bicyclic) bond motifs is 15. The Labute approximate surface area is 884 Å². The van der Waals surface area contributed by atoms with Gasteiger partial charge in [-0.15, -0.1) is 11.3 Å². The van der Waals surface area contributed by atoms with Crippen molar-refractivity contribution in [1.29, 1.82) is 0 Å². The zero-order chi connectivity index (χ0) is 106. The van der Waals surface area contributed by atoms with Gasteiger partial charge in [0.1, 0.15) is 5.76 Å². The number of para-hydroxylation sites is 7. The Balaban J connectivity index is 0.000000139. The van der Waals surface area contributed by atoms with E-state index >= 15 is 0 Å². The highest BCUT2D eigenvalue weighted by Gasteiger charge is 2.34. The second kappa shape index (κ2) is 40.8. The molecule has 0 saturated heterocycles. The average molecular weight is 1980 g/mol. The molecule has 0 unspecified atom stereocenters. The molecule has 147 heavy (non-hydrogen) atoms. The third-order valence-electron chi connectivity index (χ3n) is 28.5. The Bertz CT molecular complexity index is 7590. The van der Waals surface area contributed by atoms with Gasteiger partial charge in [0.05, 0.1) is 96.7 Å². The minimum Gasteiger partial charge on any atom is -0.472 e. The Kier molecular flexibility index (Phi) is 29.6. The highest BCUT2D eigenvalue weighted by Crippen LogP contribution is 2.49. The van der Waals surface area contributed by atoms with Crippen LogP contribution in [0.15, 0.2) is 359 Å². The molecule has 0 aliphatic rings. The third kappa shape index (κ3) is 22.5. The minimum atomic E-state index is -0.162. The molecule has 0 spiro atoms. The lowest BCUT2D eigenvalue weighted by molar-refractivity contribution is 0.409. The van der Waals surface area contributed by atoms with Crippen molar-refractivity contribution in [3.63, 3.8) is 0 Å². The summed E-state index contributed by atoms with van der Waals surface area (Å²) in [5.41, 5.74) is 32.0. The van der Waals surface area contributed by atoms with Gasteiger partial charge in [0.25, 0.3) is 0 Å². The van der Waals surface area contributed by atoms with Crippen molar-refractivity contribution in [1.82, 2.24) is 22.8 Å². The van der Waals surface area contributed by atoms with Crippen LogP contribution in [0, 0.1) is 0 Å². The molecule has 22 aromatic rings. The quantitative estimate of drug-likeness (QED) is 0.172. The number of aromatic nitrogens is 5. The highest BCUT2D eigenvalue weighted by molar-refractivity contribution is 7.10. The fraction of sp³-hybridized carbons (Fsp3) is 0.319. The van der Waals surface area contributed by atoms with E-state index in [4.69, 9.17) is 8.83 Å². The summed E-state index contributed by atoms with van der Waals surface area (Å²) < 4.78 is 22.6.